The molecule has 30 heavy (non-hydrogen) atoms. The maximum absolute atomic E-state index is 12.4. The van der Waals surface area contributed by atoms with Gasteiger partial charge in [-0.3, -0.25) is 9.59 Å². The largest absolute Gasteiger partial charge is 0.326 e. The van der Waals surface area contributed by atoms with E-state index in [1.165, 1.54) is 25.7 Å². The number of halogens is 2. The zero-order valence-corrected chi connectivity index (χ0v) is 18.0. The molecule has 3 aromatic rings. The van der Waals surface area contributed by atoms with Crippen LogP contribution in [0.4, 0.5) is 5.69 Å². The highest BCUT2D eigenvalue weighted by atomic mass is 35.5. The van der Waals surface area contributed by atoms with Crippen molar-refractivity contribution >= 4 is 45.6 Å². The molecular formula is C23H23Cl2N3O2. The summed E-state index contributed by atoms with van der Waals surface area (Å²) in [6.45, 7) is 0. The van der Waals surface area contributed by atoms with E-state index in [4.69, 9.17) is 23.2 Å². The van der Waals surface area contributed by atoms with Gasteiger partial charge in [-0.1, -0.05) is 61.0 Å². The molecule has 4 rings (SSSR count). The molecule has 0 saturated heterocycles. The number of anilines is 1. The van der Waals surface area contributed by atoms with E-state index in [1.54, 1.807) is 18.2 Å². The van der Waals surface area contributed by atoms with Crippen molar-refractivity contribution in [2.24, 2.45) is 5.92 Å². The Morgan fingerprint density at radius 1 is 1.10 bits per heavy atom. The minimum Gasteiger partial charge on any atom is -0.326 e. The molecule has 1 amide bonds. The van der Waals surface area contributed by atoms with Crippen LogP contribution in [0.15, 0.2) is 41.2 Å². The van der Waals surface area contributed by atoms with Gasteiger partial charge in [-0.25, -0.2) is 5.10 Å². The predicted octanol–water partition coefficient (Wildman–Crippen LogP) is 5.73. The maximum atomic E-state index is 12.4. The second-order valence-electron chi connectivity index (χ2n) is 7.91. The summed E-state index contributed by atoms with van der Waals surface area (Å²) >= 11 is 12.3. The topological polar surface area (TPSA) is 74.8 Å². The molecule has 1 aliphatic carbocycles. The number of nitrogens with one attached hydrogen (secondary N) is 2. The van der Waals surface area contributed by atoms with E-state index in [0.717, 1.165) is 17.4 Å². The number of aromatic nitrogens is 2. The number of aromatic amines is 1. The highest BCUT2D eigenvalue weighted by molar-refractivity contribution is 6.35. The van der Waals surface area contributed by atoms with Gasteiger partial charge < -0.3 is 5.32 Å². The van der Waals surface area contributed by atoms with E-state index >= 15 is 0 Å². The first-order valence-electron chi connectivity index (χ1n) is 10.2. The number of hydrogen-bond acceptors (Lipinski definition) is 3. The minimum absolute atomic E-state index is 0.0140. The number of amides is 1. The molecule has 0 aliphatic heterocycles. The summed E-state index contributed by atoms with van der Waals surface area (Å²) < 4.78 is 0. The van der Waals surface area contributed by atoms with Gasteiger partial charge in [0.1, 0.15) is 0 Å². The lowest BCUT2D eigenvalue weighted by atomic mass is 10.0. The Morgan fingerprint density at radius 3 is 2.67 bits per heavy atom. The number of carbonyl (C=O) groups is 1. The Hall–Kier alpha value is -2.37. The number of benzene rings is 2. The third kappa shape index (κ3) is 4.85. The third-order valence-electron chi connectivity index (χ3n) is 5.78. The molecule has 7 heteroatoms. The number of carbonyl (C=O) groups excluding carboxylic acids is 1. The Morgan fingerprint density at radius 2 is 1.90 bits per heavy atom. The molecular weight excluding hydrogens is 421 g/mol. The van der Waals surface area contributed by atoms with Gasteiger partial charge in [0, 0.05) is 34.0 Å². The van der Waals surface area contributed by atoms with Gasteiger partial charge in [-0.2, -0.15) is 5.10 Å². The van der Waals surface area contributed by atoms with Crippen molar-refractivity contribution in [1.29, 1.82) is 0 Å². The third-order valence-corrected chi connectivity index (χ3v) is 6.37. The van der Waals surface area contributed by atoms with Crippen LogP contribution in [0, 0.1) is 5.92 Å². The Bertz CT molecular complexity index is 1140. The fourth-order valence-electron chi connectivity index (χ4n) is 4.14. The van der Waals surface area contributed by atoms with Crippen LogP contribution in [0.25, 0.3) is 10.8 Å². The highest BCUT2D eigenvalue weighted by Crippen LogP contribution is 2.29. The lowest BCUT2D eigenvalue weighted by Crippen LogP contribution is -2.15. The van der Waals surface area contributed by atoms with E-state index in [1.807, 2.05) is 18.2 Å². The second kappa shape index (κ2) is 9.19. The van der Waals surface area contributed by atoms with Gasteiger partial charge in [0.15, 0.2) is 0 Å². The molecule has 0 atom stereocenters. The first kappa shape index (κ1) is 20.9. The molecule has 1 aliphatic rings. The summed E-state index contributed by atoms with van der Waals surface area (Å²) in [6, 6.07) is 10.6. The smallest absolute Gasteiger partial charge is 0.272 e. The summed E-state index contributed by atoms with van der Waals surface area (Å²) in [5, 5.41) is 12.0. The highest BCUT2D eigenvalue weighted by Gasteiger charge is 2.16. The summed E-state index contributed by atoms with van der Waals surface area (Å²) in [5.41, 5.74) is 1.89. The van der Waals surface area contributed by atoms with Crippen molar-refractivity contribution in [3.8, 4) is 0 Å². The van der Waals surface area contributed by atoms with Gasteiger partial charge in [0.25, 0.3) is 5.56 Å². The molecule has 2 aromatic carbocycles. The van der Waals surface area contributed by atoms with Crippen molar-refractivity contribution in [2.45, 2.75) is 44.9 Å². The van der Waals surface area contributed by atoms with Crippen LogP contribution >= 0.6 is 23.2 Å². The minimum atomic E-state index is -0.294. The van der Waals surface area contributed by atoms with Crippen LogP contribution in [0.5, 0.6) is 0 Å². The van der Waals surface area contributed by atoms with Crippen LogP contribution in [0.2, 0.25) is 10.0 Å². The lowest BCUT2D eigenvalue weighted by Gasteiger charge is -2.11. The van der Waals surface area contributed by atoms with Crippen LogP contribution in [0.3, 0.4) is 0 Å². The molecule has 1 fully saturated rings. The quantitative estimate of drug-likeness (QED) is 0.510. The second-order valence-corrected chi connectivity index (χ2v) is 8.75. The van der Waals surface area contributed by atoms with Crippen LogP contribution in [0.1, 0.15) is 49.8 Å². The number of nitrogens with zero attached hydrogens (tertiary/aromatic N) is 1. The van der Waals surface area contributed by atoms with Gasteiger partial charge in [-0.05, 0) is 42.2 Å². The van der Waals surface area contributed by atoms with Gasteiger partial charge in [0.05, 0.1) is 11.1 Å². The van der Waals surface area contributed by atoms with E-state index < -0.39 is 0 Å². The van der Waals surface area contributed by atoms with Crippen LogP contribution in [-0.4, -0.2) is 16.1 Å². The van der Waals surface area contributed by atoms with Crippen LogP contribution in [-0.2, 0) is 11.2 Å². The number of hydrogen-bond donors (Lipinski definition) is 2. The Balaban J connectivity index is 1.53. The molecule has 0 unspecified atom stereocenters. The summed E-state index contributed by atoms with van der Waals surface area (Å²) in [6.07, 6.45) is 6.90. The van der Waals surface area contributed by atoms with Gasteiger partial charge >= 0.3 is 0 Å². The summed E-state index contributed by atoms with van der Waals surface area (Å²) in [5.74, 6) is 0.656. The number of fused-ring (bicyclic) bond motifs is 1. The fourth-order valence-corrected chi connectivity index (χ4v) is 4.61. The molecule has 1 saturated carbocycles. The standard InChI is InChI=1S/C23H23Cl2N3O2/c24-16-7-6-15(20(25)12-16)11-21-18-9-8-17(13-19(18)23(30)28-27-21)26-22(29)10-5-14-3-1-2-4-14/h6-9,12-14H,1-5,10-11H2,(H,26,29)(H,28,30). The van der Waals surface area contributed by atoms with Crippen molar-refractivity contribution in [3.63, 3.8) is 0 Å². The monoisotopic (exact) mass is 443 g/mol. The lowest BCUT2D eigenvalue weighted by molar-refractivity contribution is -0.116. The van der Waals surface area contributed by atoms with E-state index in [-0.39, 0.29) is 11.5 Å². The van der Waals surface area contributed by atoms with E-state index in [2.05, 4.69) is 15.5 Å². The van der Waals surface area contributed by atoms with Gasteiger partial charge in [-0.15, -0.1) is 0 Å². The molecule has 0 radical (unpaired) electrons. The zero-order valence-electron chi connectivity index (χ0n) is 16.5. The van der Waals surface area contributed by atoms with Crippen molar-refractivity contribution in [2.75, 3.05) is 5.32 Å². The molecule has 1 aromatic heterocycles. The number of H-pyrrole nitrogens is 1. The first-order chi connectivity index (χ1) is 14.5. The fraction of sp³-hybridized carbons (Fsp3) is 0.348. The van der Waals surface area contributed by atoms with Crippen molar-refractivity contribution in [3.05, 3.63) is 68.1 Å². The number of rotatable bonds is 6. The maximum Gasteiger partial charge on any atom is 0.272 e. The van der Waals surface area contributed by atoms with E-state index in [9.17, 15) is 9.59 Å². The first-order valence-corrected chi connectivity index (χ1v) is 11.0. The summed E-state index contributed by atoms with van der Waals surface area (Å²) in [4.78, 5) is 24.7. The van der Waals surface area contributed by atoms with Crippen molar-refractivity contribution in [1.82, 2.24) is 10.2 Å². The molecule has 0 bridgehead atoms. The molecule has 2 N–H and O–H groups in total. The average molecular weight is 444 g/mol. The molecule has 1 heterocycles. The van der Waals surface area contributed by atoms with Crippen LogP contribution < -0.4 is 10.9 Å². The SMILES string of the molecule is O=C(CCC1CCCC1)Nc1ccc2c(Cc3ccc(Cl)cc3Cl)n[nH]c(=O)c2c1. The normalized spacial score (nSPS) is 14.3. The van der Waals surface area contributed by atoms with E-state index in [0.29, 0.717) is 45.6 Å². The van der Waals surface area contributed by atoms with Crippen molar-refractivity contribution < 1.29 is 4.79 Å². The Kier molecular flexibility index (Phi) is 6.40. The zero-order chi connectivity index (χ0) is 21.1. The van der Waals surface area contributed by atoms with Gasteiger partial charge in [0.2, 0.25) is 5.91 Å². The average Bonchev–Trinajstić information content (AvgIpc) is 3.24. The Labute approximate surface area is 184 Å². The molecule has 5 nitrogen and oxygen atoms in total. The predicted molar refractivity (Wildman–Crippen MR) is 121 cm³/mol. The molecule has 156 valence electrons. The summed E-state index contributed by atoms with van der Waals surface area (Å²) in [7, 11) is 0. The molecule has 0 spiro atoms.